The van der Waals surface area contributed by atoms with Gasteiger partial charge in [0.2, 0.25) is 0 Å². The molecule has 0 amide bonds. The summed E-state index contributed by atoms with van der Waals surface area (Å²) in [4.78, 5) is 91.7. The molecule has 7 N–H and O–H groups in total. The number of hydrogen-bond acceptors (Lipinski definition) is 21. The van der Waals surface area contributed by atoms with Gasteiger partial charge in [0.1, 0.15) is 27.8 Å². The first-order valence-corrected chi connectivity index (χ1v) is 42.1. The summed E-state index contributed by atoms with van der Waals surface area (Å²) in [6, 6.07) is 0. The van der Waals surface area contributed by atoms with Crippen LogP contribution in [0.1, 0.15) is 138 Å². The van der Waals surface area contributed by atoms with Gasteiger partial charge in [-0.25, -0.2) is 67.9 Å². The molecule has 9 heterocycles. The number of nitrogens with zero attached hydrogens (tertiary/aromatic N) is 7. The van der Waals surface area contributed by atoms with Crippen LogP contribution in [0.25, 0.3) is 0 Å². The maximum atomic E-state index is 14.3. The predicted octanol–water partition coefficient (Wildman–Crippen LogP) is 11.5. The topological polar surface area (TPSA) is 361 Å². The van der Waals surface area contributed by atoms with Crippen molar-refractivity contribution >= 4 is 65.7 Å². The molecule has 0 atom stereocenters. The number of nitrogens with one attached hydrogen (secondary N) is 2. The number of carboxylic acid groups (broad SMARTS) is 3. The molecule has 113 heavy (non-hydrogen) atoms. The Labute approximate surface area is 635 Å². The van der Waals surface area contributed by atoms with Crippen LogP contribution in [-0.2, 0) is 33.3 Å². The van der Waals surface area contributed by atoms with Crippen LogP contribution in [0.4, 0.5) is 96.6 Å². The first-order valence-electron chi connectivity index (χ1n) is 32.2. The van der Waals surface area contributed by atoms with E-state index in [0.717, 1.165) is 98.0 Å². The van der Waals surface area contributed by atoms with Gasteiger partial charge in [-0.2, -0.15) is 61.1 Å². The van der Waals surface area contributed by atoms with Crippen LogP contribution in [-0.4, -0.2) is 237 Å². The first-order chi connectivity index (χ1) is 51.8. The number of aromatic nitrogens is 5. The van der Waals surface area contributed by atoms with Crippen LogP contribution < -0.4 is 10.6 Å². The van der Waals surface area contributed by atoms with Crippen molar-refractivity contribution in [1.29, 1.82) is 0 Å². The summed E-state index contributed by atoms with van der Waals surface area (Å²) >= 11 is -0.543. The van der Waals surface area contributed by atoms with Gasteiger partial charge in [0.25, 0.3) is 0 Å². The minimum absolute atomic E-state index is 0. The third kappa shape index (κ3) is 35.0. The Kier molecular flexibility index (Phi) is 43.0. The number of esters is 3. The van der Waals surface area contributed by atoms with Crippen molar-refractivity contribution in [2.45, 2.75) is 108 Å². The summed E-state index contributed by atoms with van der Waals surface area (Å²) in [5, 5.41) is 31.8. The number of likely N-dealkylation sites (tertiary alicyclic amines) is 2. The van der Waals surface area contributed by atoms with E-state index in [1.54, 1.807) is 0 Å². The Hall–Kier alpha value is -8.46. The van der Waals surface area contributed by atoms with E-state index in [2.05, 4.69) is 68.8 Å². The Balaban J connectivity index is 0.000000667. The number of hydrogen-bond donors (Lipinski definition) is 5. The SMILES string of the molecule is COC(=O)c1c(F)cnc(C2CCN(CC(F)(F)F)CC2)c1F.COC(=O)c1c(F)cnc(C2CCNCC2)c1F.COC(=O)c1c(F)cncc1F.O.O=C(O)C1CCNCC1.O=C(O)c1c(F)cnc(C2CCN(CC(F)(F)F)CC2)c1F.O=C(O)c1c(F)cncc1F.O=S(=O)(OCC(F)(F)F)C(F)(F)F.[CH3][Sn]([CH3])[CH3]. The van der Waals surface area contributed by atoms with E-state index >= 15 is 0 Å². The number of carbonyl (C=O) groups excluding carboxylic acids is 3. The number of pyridine rings is 5. The molecule has 5 aromatic rings. The Morgan fingerprint density at radius 3 is 0.982 bits per heavy atom. The van der Waals surface area contributed by atoms with Gasteiger partial charge in [0.05, 0.1) is 101 Å². The molecule has 9 rings (SSSR count). The fourth-order valence-corrected chi connectivity index (χ4v) is 10.4. The van der Waals surface area contributed by atoms with Crippen molar-refractivity contribution in [2.75, 3.05) is 93.4 Å². The predicted molar refractivity (Wildman–Crippen MR) is 350 cm³/mol. The van der Waals surface area contributed by atoms with Gasteiger partial charge in [0.15, 0.2) is 64.8 Å². The number of carboxylic acids is 3. The zero-order chi connectivity index (χ0) is 85.6. The molecule has 25 nitrogen and oxygen atoms in total. The van der Waals surface area contributed by atoms with Crippen molar-refractivity contribution in [3.05, 3.63) is 146 Å². The number of methoxy groups -OCH3 is 3. The average Bonchev–Trinajstić information content (AvgIpc) is 0.813. The second kappa shape index (κ2) is 47.4. The molecule has 49 heteroatoms. The molecule has 635 valence electrons. The quantitative estimate of drug-likeness (QED) is 0.0182. The number of rotatable bonds is 13. The van der Waals surface area contributed by atoms with E-state index in [9.17, 15) is 134 Å². The van der Waals surface area contributed by atoms with Crippen molar-refractivity contribution in [2.24, 2.45) is 5.92 Å². The third-order valence-electron chi connectivity index (χ3n) is 15.1. The molecule has 4 fully saturated rings. The standard InChI is InChI=1S/C14H15F5N2O2.C13H13F5N2O2.C12H14F2N2O2.C7H5F2NO2.C6H3F2NO2.C6H11NO2.C3H2F6O3S.3CH3.H2O.Sn/c1-23-13(22)10-9(15)6-20-12(11(10)16)8-2-4-21(5-3-8)7-14(17,18)19;14-8-5-19-11(10(15)9(8)12(21)22)7-1-3-20(4-2-7)6-13(16,17)18;1-18-12(17)9-8(13)6-16-11(10(9)14)7-2-4-15-5-3-7;1-12-7(11)6-4(8)2-10-3-5(6)9;7-3-1-9-2-4(8)5(3)6(10)11;8-6(9)5-1-3-7-4-2-5;4-2(5,6)1-12-13(10,11)3(7,8)9;;;;;/h6,8H,2-5,7H2,1H3;5,7H,1-4,6H2,(H,21,22);6-7,15H,2-5H2,1H3;2-3H,1H3;1-2H,(H,10,11);5,7H,1-4H2,(H,8,9);1H2;3*1H3;1H2;. The monoisotopic (exact) mass is 1790 g/mol. The molecule has 5 aromatic heterocycles. The molecule has 0 saturated carbocycles. The van der Waals surface area contributed by atoms with Gasteiger partial charge < -0.3 is 45.6 Å². The van der Waals surface area contributed by atoms with Crippen LogP contribution in [0.5, 0.6) is 0 Å². The fourth-order valence-electron chi connectivity index (χ4n) is 10.0. The Bertz CT molecular complexity index is 3990. The molecular formula is C64H74F22N9O16SSn. The fraction of sp³-hybridized carbons (Fsp3) is 0.516. The molecule has 4 aliphatic rings. The normalized spacial score (nSPS) is 15.3. The molecule has 1 radical (unpaired) electrons. The van der Waals surface area contributed by atoms with Crippen molar-refractivity contribution in [1.82, 2.24) is 45.4 Å². The second-order valence-electron chi connectivity index (χ2n) is 24.1. The number of aromatic carboxylic acids is 2. The van der Waals surface area contributed by atoms with Crippen molar-refractivity contribution < 1.29 is 173 Å². The molecule has 0 unspecified atom stereocenters. The number of alkyl halides is 12. The summed E-state index contributed by atoms with van der Waals surface area (Å²) in [6.07, 6.45) is -4.80. The number of ether oxygens (including phenoxy) is 3. The van der Waals surface area contributed by atoms with E-state index in [-0.39, 0.29) is 86.3 Å². The Morgan fingerprint density at radius 1 is 0.442 bits per heavy atom. The van der Waals surface area contributed by atoms with Crippen LogP contribution in [0, 0.1) is 64.1 Å². The summed E-state index contributed by atoms with van der Waals surface area (Å²) in [5.74, 6) is -19.4. The van der Waals surface area contributed by atoms with Gasteiger partial charge in [-0.3, -0.25) is 43.7 Å². The molecular weight excluding hydrogens is 1720 g/mol. The molecule has 0 spiro atoms. The second-order valence-corrected chi connectivity index (χ2v) is 34.2. The summed E-state index contributed by atoms with van der Waals surface area (Å²) in [7, 11) is -3.02. The zero-order valence-corrected chi connectivity index (χ0v) is 63.6. The van der Waals surface area contributed by atoms with Crippen molar-refractivity contribution in [3.8, 4) is 0 Å². The van der Waals surface area contributed by atoms with E-state index in [4.69, 9.17) is 15.3 Å². The van der Waals surface area contributed by atoms with E-state index < -0.39 is 207 Å². The van der Waals surface area contributed by atoms with Gasteiger partial charge in [0, 0.05) is 17.8 Å². The average molecular weight is 1790 g/mol. The van der Waals surface area contributed by atoms with Gasteiger partial charge >= 0.3 is 105 Å². The summed E-state index contributed by atoms with van der Waals surface area (Å²) in [5.41, 5.74) is -10.2. The number of carbonyl (C=O) groups is 6. The summed E-state index contributed by atoms with van der Waals surface area (Å²) in [6.45, 7) is -0.898. The van der Waals surface area contributed by atoms with Crippen LogP contribution in [0.2, 0.25) is 14.8 Å². The molecule has 4 aliphatic heterocycles. The van der Waals surface area contributed by atoms with E-state index in [0.29, 0.717) is 18.6 Å². The van der Waals surface area contributed by atoms with Gasteiger partial charge in [-0.05, 0) is 104 Å². The molecule has 4 saturated heterocycles. The molecule has 0 bridgehead atoms. The van der Waals surface area contributed by atoms with Crippen LogP contribution in [0.3, 0.4) is 0 Å². The third-order valence-corrected chi connectivity index (χ3v) is 16.1. The zero-order valence-electron chi connectivity index (χ0n) is 59.9. The first kappa shape index (κ1) is 103. The summed E-state index contributed by atoms with van der Waals surface area (Å²) < 4.78 is 310. The van der Waals surface area contributed by atoms with Gasteiger partial charge in [-0.15, -0.1) is 0 Å². The molecule has 0 aliphatic carbocycles. The minimum atomic E-state index is -6.15. The van der Waals surface area contributed by atoms with Crippen LogP contribution >= 0.6 is 0 Å². The van der Waals surface area contributed by atoms with Gasteiger partial charge in [-0.1, -0.05) is 0 Å². The van der Waals surface area contributed by atoms with E-state index in [1.165, 1.54) is 9.80 Å². The molecule has 0 aromatic carbocycles. The number of piperidine rings is 4. The maximum absolute atomic E-state index is 14.3. The Morgan fingerprint density at radius 2 is 0.717 bits per heavy atom. The number of halogens is 22. The number of aliphatic carboxylic acids is 1. The van der Waals surface area contributed by atoms with E-state index in [1.807, 2.05) is 0 Å². The van der Waals surface area contributed by atoms with Crippen LogP contribution in [0.15, 0.2) is 43.4 Å². The van der Waals surface area contributed by atoms with Crippen molar-refractivity contribution in [3.63, 3.8) is 0 Å².